The Balaban J connectivity index is 1.74. The van der Waals surface area contributed by atoms with Crippen molar-refractivity contribution in [3.05, 3.63) is 82.5 Å². The molecule has 0 radical (unpaired) electrons. The van der Waals surface area contributed by atoms with E-state index in [1.165, 1.54) is 12.1 Å². The lowest BCUT2D eigenvalue weighted by atomic mass is 9.75. The van der Waals surface area contributed by atoms with Gasteiger partial charge in [0.15, 0.2) is 5.78 Å². The first-order valence-corrected chi connectivity index (χ1v) is 9.88. The Morgan fingerprint density at radius 1 is 1.19 bits per heavy atom. The Morgan fingerprint density at radius 3 is 2.71 bits per heavy atom. The Kier molecular flexibility index (Phi) is 5.39. The number of rotatable bonds is 3. The molecule has 4 rings (SSSR count). The number of allylic oxidation sites excluding steroid dienone is 3. The summed E-state index contributed by atoms with van der Waals surface area (Å²) in [5.41, 5.74) is 2.03. The van der Waals surface area contributed by atoms with E-state index in [1.807, 2.05) is 0 Å². The van der Waals surface area contributed by atoms with Crippen LogP contribution in [0.25, 0.3) is 0 Å². The van der Waals surface area contributed by atoms with Crippen LogP contribution in [-0.2, 0) is 15.8 Å². The molecule has 160 valence electrons. The molecule has 5 nitrogen and oxygen atoms in total. The van der Waals surface area contributed by atoms with Crippen molar-refractivity contribution in [2.45, 2.75) is 38.3 Å². The van der Waals surface area contributed by atoms with Crippen LogP contribution in [0, 0.1) is 0 Å². The second-order valence-electron chi connectivity index (χ2n) is 7.58. The molecular formula is C23H20F3N3O2. The van der Waals surface area contributed by atoms with Gasteiger partial charge < -0.3 is 10.6 Å². The summed E-state index contributed by atoms with van der Waals surface area (Å²) in [5.74, 6) is -1.24. The number of hydrogen-bond donors (Lipinski definition) is 2. The largest absolute Gasteiger partial charge is 0.416 e. The first-order valence-electron chi connectivity index (χ1n) is 9.88. The fraction of sp³-hybridized carbons (Fsp3) is 0.261. The van der Waals surface area contributed by atoms with Crippen LogP contribution in [0.3, 0.4) is 0 Å². The lowest BCUT2D eigenvalue weighted by Crippen LogP contribution is -2.35. The van der Waals surface area contributed by atoms with E-state index in [0.717, 1.165) is 24.3 Å². The summed E-state index contributed by atoms with van der Waals surface area (Å²) >= 11 is 0. The number of benzene rings is 1. The van der Waals surface area contributed by atoms with E-state index in [2.05, 4.69) is 15.6 Å². The van der Waals surface area contributed by atoms with Gasteiger partial charge in [-0.25, -0.2) is 0 Å². The second-order valence-corrected chi connectivity index (χ2v) is 7.58. The third-order valence-corrected chi connectivity index (χ3v) is 5.49. The number of aromatic nitrogens is 1. The number of carbonyl (C=O) groups is 2. The Labute approximate surface area is 177 Å². The fourth-order valence-corrected chi connectivity index (χ4v) is 4.14. The highest BCUT2D eigenvalue weighted by molar-refractivity contribution is 6.09. The molecule has 31 heavy (non-hydrogen) atoms. The normalized spacial score (nSPS) is 19.1. The molecule has 2 aromatic rings. The molecule has 1 unspecified atom stereocenters. The third-order valence-electron chi connectivity index (χ3n) is 5.49. The molecule has 1 amide bonds. The van der Waals surface area contributed by atoms with Crippen LogP contribution < -0.4 is 10.6 Å². The van der Waals surface area contributed by atoms with Gasteiger partial charge in [0.2, 0.25) is 0 Å². The van der Waals surface area contributed by atoms with Crippen molar-refractivity contribution in [1.29, 1.82) is 0 Å². The Bertz CT molecular complexity index is 1100. The maximum absolute atomic E-state index is 13.3. The van der Waals surface area contributed by atoms with Gasteiger partial charge in [0.25, 0.3) is 5.91 Å². The standard InChI is InChI=1S/C23H20F3N3O2/c1-13-19(22(31)29-16-7-2-6-15(11-16)23(24,25)26)20(14-5-4-10-27-12-14)21-17(28-13)8-3-9-18(21)30/h2,4-7,10-12,20,28H,3,8-9H2,1H3,(H,29,31). The maximum Gasteiger partial charge on any atom is 0.416 e. The van der Waals surface area contributed by atoms with E-state index in [-0.39, 0.29) is 11.5 Å². The third kappa shape index (κ3) is 4.10. The molecule has 1 atom stereocenters. The van der Waals surface area contributed by atoms with Gasteiger partial charge in [-0.15, -0.1) is 0 Å². The summed E-state index contributed by atoms with van der Waals surface area (Å²) < 4.78 is 39.2. The highest BCUT2D eigenvalue weighted by atomic mass is 19.4. The molecule has 1 aromatic heterocycles. The van der Waals surface area contributed by atoms with Gasteiger partial charge in [0, 0.05) is 53.0 Å². The Hall–Kier alpha value is -3.42. The quantitative estimate of drug-likeness (QED) is 0.745. The molecule has 2 aliphatic rings. The number of amides is 1. The number of hydrogen-bond acceptors (Lipinski definition) is 4. The summed E-state index contributed by atoms with van der Waals surface area (Å²) in [6.45, 7) is 1.73. The topological polar surface area (TPSA) is 71.1 Å². The van der Waals surface area contributed by atoms with Gasteiger partial charge in [-0.05, 0) is 49.6 Å². The molecule has 0 saturated carbocycles. The fourth-order valence-electron chi connectivity index (χ4n) is 4.14. The number of dihydropyridines is 1. The predicted octanol–water partition coefficient (Wildman–Crippen LogP) is 4.71. The van der Waals surface area contributed by atoms with Crippen molar-refractivity contribution in [3.8, 4) is 0 Å². The van der Waals surface area contributed by atoms with Crippen LogP contribution in [-0.4, -0.2) is 16.7 Å². The van der Waals surface area contributed by atoms with E-state index in [1.54, 1.807) is 31.5 Å². The number of ketones is 1. The minimum atomic E-state index is -4.52. The van der Waals surface area contributed by atoms with Crippen LogP contribution in [0.1, 0.15) is 43.2 Å². The molecule has 2 heterocycles. The van der Waals surface area contributed by atoms with E-state index in [4.69, 9.17) is 0 Å². The van der Waals surface area contributed by atoms with Crippen LogP contribution >= 0.6 is 0 Å². The van der Waals surface area contributed by atoms with Gasteiger partial charge in [0.05, 0.1) is 5.56 Å². The van der Waals surface area contributed by atoms with Crippen molar-refractivity contribution in [3.63, 3.8) is 0 Å². The van der Waals surface area contributed by atoms with E-state index in [0.29, 0.717) is 35.2 Å². The van der Waals surface area contributed by atoms with Gasteiger partial charge in [-0.2, -0.15) is 13.2 Å². The zero-order valence-electron chi connectivity index (χ0n) is 16.7. The summed E-state index contributed by atoms with van der Waals surface area (Å²) in [6.07, 6.45) is 0.490. The minimum Gasteiger partial charge on any atom is -0.362 e. The Morgan fingerprint density at radius 2 is 2.00 bits per heavy atom. The number of nitrogens with one attached hydrogen (secondary N) is 2. The number of halogens is 3. The number of carbonyl (C=O) groups excluding carboxylic acids is 2. The maximum atomic E-state index is 13.3. The molecule has 1 aliphatic heterocycles. The summed E-state index contributed by atoms with van der Waals surface area (Å²) in [5, 5.41) is 5.75. The van der Waals surface area contributed by atoms with Crippen molar-refractivity contribution in [2.75, 3.05) is 5.32 Å². The molecule has 0 fully saturated rings. The number of nitrogens with zero attached hydrogens (tertiary/aromatic N) is 1. The van der Waals surface area contributed by atoms with Crippen LogP contribution in [0.15, 0.2) is 71.3 Å². The monoisotopic (exact) mass is 427 g/mol. The summed E-state index contributed by atoms with van der Waals surface area (Å²) in [7, 11) is 0. The smallest absolute Gasteiger partial charge is 0.362 e. The first-order chi connectivity index (χ1) is 14.8. The van der Waals surface area contributed by atoms with E-state index in [9.17, 15) is 22.8 Å². The summed E-state index contributed by atoms with van der Waals surface area (Å²) in [4.78, 5) is 30.2. The average Bonchev–Trinajstić information content (AvgIpc) is 2.73. The van der Waals surface area contributed by atoms with Gasteiger partial charge in [0.1, 0.15) is 0 Å². The average molecular weight is 427 g/mol. The molecule has 0 bridgehead atoms. The van der Waals surface area contributed by atoms with E-state index >= 15 is 0 Å². The lowest BCUT2D eigenvalue weighted by Gasteiger charge is -2.34. The molecule has 1 aliphatic carbocycles. The van der Waals surface area contributed by atoms with Crippen molar-refractivity contribution in [1.82, 2.24) is 10.3 Å². The van der Waals surface area contributed by atoms with Crippen molar-refractivity contribution < 1.29 is 22.8 Å². The first kappa shape index (κ1) is 20.8. The second kappa shape index (κ2) is 8.02. The molecule has 0 spiro atoms. The molecule has 1 aromatic carbocycles. The zero-order valence-corrected chi connectivity index (χ0v) is 16.7. The molecular weight excluding hydrogens is 407 g/mol. The predicted molar refractivity (Wildman–Crippen MR) is 109 cm³/mol. The summed E-state index contributed by atoms with van der Waals surface area (Å²) in [6, 6.07) is 7.98. The van der Waals surface area contributed by atoms with Crippen LogP contribution in [0.2, 0.25) is 0 Å². The van der Waals surface area contributed by atoms with Crippen LogP contribution in [0.5, 0.6) is 0 Å². The highest BCUT2D eigenvalue weighted by Gasteiger charge is 2.38. The van der Waals surface area contributed by atoms with Crippen LogP contribution in [0.4, 0.5) is 18.9 Å². The molecule has 8 heteroatoms. The SMILES string of the molecule is CC1=C(C(=O)Nc2cccc(C(F)(F)F)c2)C(c2cccnc2)C2=C(CCCC2=O)N1. The van der Waals surface area contributed by atoms with Gasteiger partial charge in [-0.3, -0.25) is 14.6 Å². The van der Waals surface area contributed by atoms with Gasteiger partial charge >= 0.3 is 6.18 Å². The van der Waals surface area contributed by atoms with Gasteiger partial charge in [-0.1, -0.05) is 12.1 Å². The molecule has 0 saturated heterocycles. The number of alkyl halides is 3. The number of Topliss-reactive ketones (excluding diaryl/α,β-unsaturated/α-hetero) is 1. The molecule has 2 N–H and O–H groups in total. The van der Waals surface area contributed by atoms with E-state index < -0.39 is 23.6 Å². The number of pyridine rings is 1. The zero-order chi connectivity index (χ0) is 22.2. The highest BCUT2D eigenvalue weighted by Crippen LogP contribution is 2.42. The number of anilines is 1. The lowest BCUT2D eigenvalue weighted by molar-refractivity contribution is -0.137. The minimum absolute atomic E-state index is 0.0276. The van der Waals surface area contributed by atoms with Crippen molar-refractivity contribution >= 4 is 17.4 Å². The van der Waals surface area contributed by atoms with Crippen molar-refractivity contribution in [2.24, 2.45) is 0 Å².